The monoisotopic (exact) mass is 434 g/mol. The number of anilines is 1. The highest BCUT2D eigenvalue weighted by Crippen LogP contribution is 2.29. The number of aromatic nitrogens is 2. The van der Waals surface area contributed by atoms with E-state index in [0.29, 0.717) is 30.2 Å². The smallest absolute Gasteiger partial charge is 0.268 e. The minimum atomic E-state index is -3.98. The fourth-order valence-corrected chi connectivity index (χ4v) is 5.57. The third kappa shape index (κ3) is 5.03. The number of sulfonamides is 1. The van der Waals surface area contributed by atoms with E-state index in [9.17, 15) is 13.2 Å². The molecular formula is C22H34N4O3S. The van der Waals surface area contributed by atoms with E-state index >= 15 is 0 Å². The van der Waals surface area contributed by atoms with Crippen molar-refractivity contribution in [2.45, 2.75) is 59.3 Å². The average molecular weight is 435 g/mol. The molecule has 0 fully saturated rings. The largest absolute Gasteiger partial charge is 0.341 e. The van der Waals surface area contributed by atoms with Crippen LogP contribution in [-0.2, 0) is 21.9 Å². The van der Waals surface area contributed by atoms with E-state index in [1.54, 1.807) is 30.5 Å². The van der Waals surface area contributed by atoms with Crippen molar-refractivity contribution in [2.24, 2.45) is 7.05 Å². The quantitative estimate of drug-likeness (QED) is 0.605. The lowest BCUT2D eigenvalue weighted by Gasteiger charge is -2.28. The molecule has 1 amide bonds. The van der Waals surface area contributed by atoms with Gasteiger partial charge in [-0.2, -0.15) is 5.10 Å². The van der Waals surface area contributed by atoms with Crippen LogP contribution in [0.15, 0.2) is 23.1 Å². The van der Waals surface area contributed by atoms with E-state index in [-0.39, 0.29) is 17.3 Å². The molecule has 1 aromatic carbocycles. The first-order valence-corrected chi connectivity index (χ1v) is 11.9. The maximum absolute atomic E-state index is 13.8. The molecular weight excluding hydrogens is 400 g/mol. The van der Waals surface area contributed by atoms with Crippen molar-refractivity contribution < 1.29 is 13.2 Å². The molecule has 7 nitrogen and oxygen atoms in total. The minimum absolute atomic E-state index is 0.162. The minimum Gasteiger partial charge on any atom is -0.341 e. The van der Waals surface area contributed by atoms with Crippen LogP contribution in [0.4, 0.5) is 5.69 Å². The number of nitrogens with zero attached hydrogens (tertiary/aromatic N) is 4. The van der Waals surface area contributed by atoms with Gasteiger partial charge in [0.05, 0.1) is 17.1 Å². The molecule has 1 aromatic heterocycles. The third-order valence-corrected chi connectivity index (χ3v) is 7.13. The molecule has 0 saturated carbocycles. The van der Waals surface area contributed by atoms with Crippen LogP contribution in [0.5, 0.6) is 0 Å². The lowest BCUT2D eigenvalue weighted by atomic mass is 10.1. The molecule has 0 N–H and O–H groups in total. The van der Waals surface area contributed by atoms with Crippen LogP contribution in [-0.4, -0.2) is 48.6 Å². The Hall–Kier alpha value is -2.35. The Morgan fingerprint density at radius 2 is 1.53 bits per heavy atom. The number of benzene rings is 1. The van der Waals surface area contributed by atoms with Crippen LogP contribution < -0.4 is 4.31 Å². The lowest BCUT2D eigenvalue weighted by molar-refractivity contribution is -0.129. The molecule has 8 heteroatoms. The molecule has 0 aliphatic rings. The van der Waals surface area contributed by atoms with Crippen molar-refractivity contribution in [2.75, 3.05) is 23.9 Å². The van der Waals surface area contributed by atoms with E-state index in [1.807, 2.05) is 45.9 Å². The number of hydrogen-bond donors (Lipinski definition) is 0. The second kappa shape index (κ2) is 9.64. The number of hydrogen-bond acceptors (Lipinski definition) is 4. The Kier molecular flexibility index (Phi) is 7.69. The Bertz CT molecular complexity index is 985. The fraction of sp³-hybridized carbons (Fsp3) is 0.545. The molecule has 0 radical (unpaired) electrons. The molecule has 0 aliphatic heterocycles. The summed E-state index contributed by atoms with van der Waals surface area (Å²) in [7, 11) is -2.26. The first-order valence-electron chi connectivity index (χ1n) is 10.4. The highest BCUT2D eigenvalue weighted by atomic mass is 32.2. The Balaban J connectivity index is 2.60. The zero-order valence-electron chi connectivity index (χ0n) is 19.2. The highest BCUT2D eigenvalue weighted by Gasteiger charge is 2.33. The predicted octanol–water partition coefficient (Wildman–Crippen LogP) is 3.50. The van der Waals surface area contributed by atoms with Gasteiger partial charge in [0.2, 0.25) is 5.91 Å². The SMILES string of the molecule is CCCN(CCC)C(=O)CN(c1cc(C)cc(C)c1)S(=O)(=O)c1c(C)nn(C)c1C. The van der Waals surface area contributed by atoms with Gasteiger partial charge in [-0.15, -0.1) is 0 Å². The van der Waals surface area contributed by atoms with Gasteiger partial charge < -0.3 is 4.90 Å². The Labute approximate surface area is 180 Å². The standard InChI is InChI=1S/C22H34N4O3S/c1-8-10-25(11-9-2)21(27)15-26(20-13-16(3)12-17(4)14-20)30(28,29)22-18(5)23-24(7)19(22)6/h12-14H,8-11,15H2,1-7H3. The van der Waals surface area contributed by atoms with Crippen molar-refractivity contribution in [3.63, 3.8) is 0 Å². The van der Waals surface area contributed by atoms with Gasteiger partial charge in [-0.1, -0.05) is 19.9 Å². The molecule has 2 rings (SSSR count). The van der Waals surface area contributed by atoms with Crippen LogP contribution in [0, 0.1) is 27.7 Å². The van der Waals surface area contributed by atoms with Crippen LogP contribution in [0.1, 0.15) is 49.2 Å². The number of aryl methyl sites for hydroxylation is 4. The summed E-state index contributed by atoms with van der Waals surface area (Å²) in [4.78, 5) is 15.0. The molecule has 0 aliphatic carbocycles. The average Bonchev–Trinajstić information content (AvgIpc) is 2.90. The molecule has 1 heterocycles. The fourth-order valence-electron chi connectivity index (χ4n) is 3.77. The molecule has 0 unspecified atom stereocenters. The molecule has 166 valence electrons. The second-order valence-electron chi connectivity index (χ2n) is 7.86. The maximum atomic E-state index is 13.8. The van der Waals surface area contributed by atoms with Crippen LogP contribution in [0.3, 0.4) is 0 Å². The number of amides is 1. The first kappa shape index (κ1) is 23.9. The zero-order valence-corrected chi connectivity index (χ0v) is 20.0. The summed E-state index contributed by atoms with van der Waals surface area (Å²) < 4.78 is 30.4. The van der Waals surface area contributed by atoms with Crippen molar-refractivity contribution in [1.82, 2.24) is 14.7 Å². The highest BCUT2D eigenvalue weighted by molar-refractivity contribution is 7.93. The van der Waals surface area contributed by atoms with Crippen LogP contribution in [0.25, 0.3) is 0 Å². The molecule has 0 saturated heterocycles. The van der Waals surface area contributed by atoms with Crippen LogP contribution in [0.2, 0.25) is 0 Å². The summed E-state index contributed by atoms with van der Waals surface area (Å²) in [6, 6.07) is 5.60. The summed E-state index contributed by atoms with van der Waals surface area (Å²) in [5, 5.41) is 4.28. The van der Waals surface area contributed by atoms with E-state index in [4.69, 9.17) is 0 Å². The number of carbonyl (C=O) groups is 1. The van der Waals surface area contributed by atoms with Gasteiger partial charge >= 0.3 is 0 Å². The van der Waals surface area contributed by atoms with Gasteiger partial charge in [0, 0.05) is 20.1 Å². The van der Waals surface area contributed by atoms with Crippen molar-refractivity contribution in [3.05, 3.63) is 40.7 Å². The van der Waals surface area contributed by atoms with Crippen molar-refractivity contribution in [1.29, 1.82) is 0 Å². The van der Waals surface area contributed by atoms with E-state index < -0.39 is 10.0 Å². The maximum Gasteiger partial charge on any atom is 0.268 e. The summed E-state index contributed by atoms with van der Waals surface area (Å²) in [5.41, 5.74) is 3.35. The van der Waals surface area contributed by atoms with Gasteiger partial charge in [-0.25, -0.2) is 8.42 Å². The summed E-state index contributed by atoms with van der Waals surface area (Å²) in [5.74, 6) is -0.194. The van der Waals surface area contributed by atoms with Gasteiger partial charge in [0.1, 0.15) is 11.4 Å². The lowest BCUT2D eigenvalue weighted by Crippen LogP contribution is -2.44. The summed E-state index contributed by atoms with van der Waals surface area (Å²) in [6.45, 7) is 12.3. The Morgan fingerprint density at radius 3 is 1.97 bits per heavy atom. The Morgan fingerprint density at radius 1 is 1.00 bits per heavy atom. The van der Waals surface area contributed by atoms with E-state index in [1.165, 1.54) is 4.31 Å². The topological polar surface area (TPSA) is 75.5 Å². The molecule has 2 aromatic rings. The molecule has 0 atom stereocenters. The predicted molar refractivity (Wildman–Crippen MR) is 120 cm³/mol. The first-order chi connectivity index (χ1) is 14.0. The summed E-state index contributed by atoms with van der Waals surface area (Å²) in [6.07, 6.45) is 1.64. The van der Waals surface area contributed by atoms with E-state index in [0.717, 1.165) is 24.0 Å². The van der Waals surface area contributed by atoms with Crippen LogP contribution >= 0.6 is 0 Å². The number of carbonyl (C=O) groups excluding carboxylic acids is 1. The number of rotatable bonds is 9. The van der Waals surface area contributed by atoms with Gasteiger partial charge in [0.15, 0.2) is 0 Å². The van der Waals surface area contributed by atoms with Crippen molar-refractivity contribution in [3.8, 4) is 0 Å². The van der Waals surface area contributed by atoms with Gasteiger partial charge in [-0.3, -0.25) is 13.8 Å². The normalized spacial score (nSPS) is 11.6. The third-order valence-electron chi connectivity index (χ3n) is 5.10. The molecule has 0 spiro atoms. The molecule has 0 bridgehead atoms. The summed E-state index contributed by atoms with van der Waals surface area (Å²) >= 11 is 0. The zero-order chi connectivity index (χ0) is 22.6. The van der Waals surface area contributed by atoms with E-state index in [2.05, 4.69) is 5.10 Å². The van der Waals surface area contributed by atoms with Gasteiger partial charge in [0.25, 0.3) is 10.0 Å². The molecule has 30 heavy (non-hydrogen) atoms. The van der Waals surface area contributed by atoms with Gasteiger partial charge in [-0.05, 0) is 63.8 Å². The van der Waals surface area contributed by atoms with Crippen molar-refractivity contribution >= 4 is 21.6 Å². The second-order valence-corrected chi connectivity index (χ2v) is 9.66.